The highest BCUT2D eigenvalue weighted by Crippen LogP contribution is 2.24. The highest BCUT2D eigenvalue weighted by molar-refractivity contribution is 8.00. The number of methoxy groups -OCH3 is 1. The highest BCUT2D eigenvalue weighted by Gasteiger charge is 2.21. The summed E-state index contributed by atoms with van der Waals surface area (Å²) in [6.45, 7) is 3.34. The van der Waals surface area contributed by atoms with Crippen molar-refractivity contribution >= 4 is 34.5 Å². The molecule has 0 aliphatic heterocycles. The minimum absolute atomic E-state index is 0.0474. The van der Waals surface area contributed by atoms with Gasteiger partial charge in [0.25, 0.3) is 5.56 Å². The zero-order valence-electron chi connectivity index (χ0n) is 15.9. The first-order chi connectivity index (χ1) is 12.6. The topological polar surface area (TPSA) is 102 Å². The van der Waals surface area contributed by atoms with Crippen LogP contribution in [0.25, 0.3) is 10.9 Å². The SMILES string of the molecule is COC(=O)c1ccc2c(=O)n(C[C@H](C)O)c(S[C@@H](C)C(=O)N(C)C)nc2c1. The number of aromatic nitrogens is 2. The van der Waals surface area contributed by atoms with Crippen molar-refractivity contribution in [3.8, 4) is 0 Å². The Balaban J connectivity index is 2.61. The van der Waals surface area contributed by atoms with Gasteiger partial charge in [0.1, 0.15) is 0 Å². The maximum atomic E-state index is 12.9. The third-order valence-electron chi connectivity index (χ3n) is 3.86. The van der Waals surface area contributed by atoms with Gasteiger partial charge in [0.2, 0.25) is 5.91 Å². The van der Waals surface area contributed by atoms with Gasteiger partial charge in [-0.15, -0.1) is 0 Å². The van der Waals surface area contributed by atoms with E-state index in [0.29, 0.717) is 16.1 Å². The quantitative estimate of drug-likeness (QED) is 0.446. The minimum Gasteiger partial charge on any atom is -0.465 e. The normalized spacial score (nSPS) is 13.3. The standard InChI is InChI=1S/C18H23N3O5S/c1-10(22)9-21-16(24)13-7-6-12(17(25)26-5)8-14(13)19-18(21)27-11(2)15(23)20(3)4/h6-8,10-11,22H,9H2,1-5H3/t10-,11-/m0/s1. The molecule has 2 rings (SSSR count). The molecule has 2 atom stereocenters. The summed E-state index contributed by atoms with van der Waals surface area (Å²) in [5.74, 6) is -0.654. The second kappa shape index (κ2) is 8.53. The number of aliphatic hydroxyl groups is 1. The van der Waals surface area contributed by atoms with E-state index in [0.717, 1.165) is 11.8 Å². The van der Waals surface area contributed by atoms with Gasteiger partial charge in [-0.25, -0.2) is 9.78 Å². The fraction of sp³-hybridized carbons (Fsp3) is 0.444. The van der Waals surface area contributed by atoms with Crippen LogP contribution in [0.1, 0.15) is 24.2 Å². The molecule has 146 valence electrons. The lowest BCUT2D eigenvalue weighted by molar-refractivity contribution is -0.127. The van der Waals surface area contributed by atoms with Gasteiger partial charge in [0.15, 0.2) is 5.16 Å². The van der Waals surface area contributed by atoms with Gasteiger partial charge >= 0.3 is 5.97 Å². The van der Waals surface area contributed by atoms with Crippen molar-refractivity contribution in [1.29, 1.82) is 0 Å². The number of ether oxygens (including phenoxy) is 1. The Labute approximate surface area is 161 Å². The van der Waals surface area contributed by atoms with Crippen molar-refractivity contribution < 1.29 is 19.4 Å². The van der Waals surface area contributed by atoms with Crippen molar-refractivity contribution in [2.75, 3.05) is 21.2 Å². The number of amides is 1. The molecule has 0 aliphatic carbocycles. The fourth-order valence-electron chi connectivity index (χ4n) is 2.53. The Kier molecular flexibility index (Phi) is 6.61. The van der Waals surface area contributed by atoms with Gasteiger partial charge in [-0.3, -0.25) is 14.2 Å². The van der Waals surface area contributed by atoms with Crippen molar-refractivity contribution in [2.24, 2.45) is 0 Å². The Hall–Kier alpha value is -2.39. The highest BCUT2D eigenvalue weighted by atomic mass is 32.2. The maximum Gasteiger partial charge on any atom is 0.337 e. The first kappa shape index (κ1) is 20.9. The van der Waals surface area contributed by atoms with Crippen LogP contribution < -0.4 is 5.56 Å². The van der Waals surface area contributed by atoms with Crippen LogP contribution >= 0.6 is 11.8 Å². The van der Waals surface area contributed by atoms with Crippen LogP contribution in [0, 0.1) is 0 Å². The largest absolute Gasteiger partial charge is 0.465 e. The third-order valence-corrected chi connectivity index (χ3v) is 4.94. The smallest absolute Gasteiger partial charge is 0.337 e. The molecule has 0 unspecified atom stereocenters. The summed E-state index contributed by atoms with van der Waals surface area (Å²) in [6.07, 6.45) is -0.768. The van der Waals surface area contributed by atoms with Crippen LogP contribution in [-0.4, -0.2) is 64.0 Å². The molecule has 0 saturated carbocycles. The Bertz CT molecular complexity index is 923. The van der Waals surface area contributed by atoms with Crippen molar-refractivity contribution in [3.05, 3.63) is 34.1 Å². The van der Waals surface area contributed by atoms with E-state index >= 15 is 0 Å². The van der Waals surface area contributed by atoms with Crippen LogP contribution in [0.15, 0.2) is 28.2 Å². The van der Waals surface area contributed by atoms with E-state index in [2.05, 4.69) is 4.98 Å². The monoisotopic (exact) mass is 393 g/mol. The maximum absolute atomic E-state index is 12.9. The van der Waals surface area contributed by atoms with Gasteiger partial charge < -0.3 is 14.7 Å². The summed E-state index contributed by atoms with van der Waals surface area (Å²) in [4.78, 5) is 42.8. The average Bonchev–Trinajstić information content (AvgIpc) is 2.62. The fourth-order valence-corrected chi connectivity index (χ4v) is 3.60. The summed E-state index contributed by atoms with van der Waals surface area (Å²) in [6, 6.07) is 4.49. The second-order valence-corrected chi connectivity index (χ2v) is 7.68. The summed E-state index contributed by atoms with van der Waals surface area (Å²) < 4.78 is 6.06. The van der Waals surface area contributed by atoms with E-state index in [1.807, 2.05) is 0 Å². The van der Waals surface area contributed by atoms with Gasteiger partial charge in [-0.1, -0.05) is 11.8 Å². The first-order valence-electron chi connectivity index (χ1n) is 8.34. The van der Waals surface area contributed by atoms with Crippen molar-refractivity contribution in [1.82, 2.24) is 14.5 Å². The van der Waals surface area contributed by atoms with Crippen molar-refractivity contribution in [2.45, 2.75) is 36.9 Å². The number of rotatable bonds is 6. The molecular formula is C18H23N3O5S. The van der Waals surface area contributed by atoms with E-state index in [1.165, 1.54) is 34.8 Å². The van der Waals surface area contributed by atoms with E-state index < -0.39 is 17.3 Å². The third kappa shape index (κ3) is 4.67. The second-order valence-electron chi connectivity index (χ2n) is 6.38. The number of esters is 1. The molecule has 1 aromatic heterocycles. The van der Waals surface area contributed by atoms with Crippen LogP contribution in [0.2, 0.25) is 0 Å². The lowest BCUT2D eigenvalue weighted by Crippen LogP contribution is -2.32. The predicted molar refractivity (Wildman–Crippen MR) is 103 cm³/mol. The number of aliphatic hydroxyl groups excluding tert-OH is 1. The molecule has 2 aromatic rings. The molecular weight excluding hydrogens is 370 g/mol. The Morgan fingerprint density at radius 2 is 2.00 bits per heavy atom. The Morgan fingerprint density at radius 3 is 2.56 bits per heavy atom. The van der Waals surface area contributed by atoms with Crippen LogP contribution in [0.3, 0.4) is 0 Å². The minimum atomic E-state index is -0.768. The van der Waals surface area contributed by atoms with E-state index in [4.69, 9.17) is 4.74 Å². The summed E-state index contributed by atoms with van der Waals surface area (Å²) in [5, 5.41) is 9.92. The molecule has 1 aromatic carbocycles. The molecule has 1 N–H and O–H groups in total. The number of hydrogen-bond donors (Lipinski definition) is 1. The molecule has 0 fully saturated rings. The molecule has 9 heteroatoms. The summed E-state index contributed by atoms with van der Waals surface area (Å²) >= 11 is 1.13. The Morgan fingerprint density at radius 1 is 1.33 bits per heavy atom. The lowest BCUT2D eigenvalue weighted by atomic mass is 10.1. The number of nitrogens with zero attached hydrogens (tertiary/aromatic N) is 3. The molecule has 27 heavy (non-hydrogen) atoms. The number of fused-ring (bicyclic) bond motifs is 1. The van der Waals surface area contributed by atoms with Crippen LogP contribution in [0.4, 0.5) is 0 Å². The van der Waals surface area contributed by atoms with E-state index in [1.54, 1.807) is 27.9 Å². The number of carbonyl (C=O) groups is 2. The lowest BCUT2D eigenvalue weighted by Gasteiger charge is -2.19. The molecule has 0 bridgehead atoms. The van der Waals surface area contributed by atoms with Gasteiger partial charge in [0, 0.05) is 14.1 Å². The van der Waals surface area contributed by atoms with E-state index in [9.17, 15) is 19.5 Å². The van der Waals surface area contributed by atoms with E-state index in [-0.39, 0.29) is 23.6 Å². The molecule has 1 amide bonds. The number of benzene rings is 1. The number of carbonyl (C=O) groups excluding carboxylic acids is 2. The van der Waals surface area contributed by atoms with Crippen LogP contribution in [-0.2, 0) is 16.1 Å². The predicted octanol–water partition coefficient (Wildman–Crippen LogP) is 1.13. The van der Waals surface area contributed by atoms with Gasteiger partial charge in [0.05, 0.1) is 41.5 Å². The molecule has 1 heterocycles. The summed E-state index contributed by atoms with van der Waals surface area (Å²) in [7, 11) is 4.58. The molecule has 0 aliphatic rings. The molecule has 8 nitrogen and oxygen atoms in total. The first-order valence-corrected chi connectivity index (χ1v) is 9.22. The van der Waals surface area contributed by atoms with Crippen molar-refractivity contribution in [3.63, 3.8) is 0 Å². The number of hydrogen-bond acceptors (Lipinski definition) is 7. The molecule has 0 radical (unpaired) electrons. The number of thioether (sulfide) groups is 1. The van der Waals surface area contributed by atoms with Crippen LogP contribution in [0.5, 0.6) is 0 Å². The zero-order valence-corrected chi connectivity index (χ0v) is 16.7. The summed E-state index contributed by atoms with van der Waals surface area (Å²) in [5.41, 5.74) is 0.264. The average molecular weight is 393 g/mol. The van der Waals surface area contributed by atoms with Gasteiger partial charge in [-0.2, -0.15) is 0 Å². The molecule has 0 spiro atoms. The van der Waals surface area contributed by atoms with Gasteiger partial charge in [-0.05, 0) is 32.0 Å². The zero-order chi connectivity index (χ0) is 20.3. The molecule has 0 saturated heterocycles.